The Labute approximate surface area is 134 Å². The van der Waals surface area contributed by atoms with Gasteiger partial charge in [-0.25, -0.2) is 9.78 Å². The van der Waals surface area contributed by atoms with E-state index in [-0.39, 0.29) is 18.1 Å². The van der Waals surface area contributed by atoms with Crippen LogP contribution in [0.3, 0.4) is 0 Å². The van der Waals surface area contributed by atoms with Crippen LogP contribution in [-0.2, 0) is 17.8 Å². The second kappa shape index (κ2) is 7.17. The van der Waals surface area contributed by atoms with Crippen LogP contribution in [0, 0.1) is 5.92 Å². The maximum Gasteiger partial charge on any atom is 0.347 e. The molecule has 1 atom stereocenters. The minimum atomic E-state index is -0.386. The predicted octanol–water partition coefficient (Wildman–Crippen LogP) is 1.12. The Morgan fingerprint density at radius 3 is 2.87 bits per heavy atom. The van der Waals surface area contributed by atoms with Crippen LogP contribution < -0.4 is 5.69 Å². The molecule has 23 heavy (non-hydrogen) atoms. The molecule has 1 amide bonds. The summed E-state index contributed by atoms with van der Waals surface area (Å²) in [6.07, 6.45) is 7.82. The van der Waals surface area contributed by atoms with E-state index < -0.39 is 0 Å². The van der Waals surface area contributed by atoms with Crippen molar-refractivity contribution in [2.24, 2.45) is 5.92 Å². The van der Waals surface area contributed by atoms with Crippen LogP contribution in [0.25, 0.3) is 0 Å². The van der Waals surface area contributed by atoms with Gasteiger partial charge in [0, 0.05) is 37.4 Å². The third-order valence-electron chi connectivity index (χ3n) is 4.18. The molecule has 2 aromatic rings. The highest BCUT2D eigenvalue weighted by molar-refractivity contribution is 5.76. The van der Waals surface area contributed by atoms with Gasteiger partial charge in [-0.15, -0.1) is 0 Å². The highest BCUT2D eigenvalue weighted by Crippen LogP contribution is 2.20. The van der Waals surface area contributed by atoms with E-state index in [1.807, 2.05) is 23.1 Å². The molecule has 1 aliphatic rings. The van der Waals surface area contributed by atoms with Crippen LogP contribution in [0.2, 0.25) is 0 Å². The van der Waals surface area contributed by atoms with Crippen molar-refractivity contribution in [3.8, 4) is 0 Å². The lowest BCUT2D eigenvalue weighted by Gasteiger charge is -2.32. The van der Waals surface area contributed by atoms with Gasteiger partial charge in [0.15, 0.2) is 0 Å². The summed E-state index contributed by atoms with van der Waals surface area (Å²) < 4.78 is 1.35. The number of pyridine rings is 1. The number of piperidine rings is 1. The second-order valence-corrected chi connectivity index (χ2v) is 5.90. The van der Waals surface area contributed by atoms with E-state index >= 15 is 0 Å². The molecule has 0 spiro atoms. The van der Waals surface area contributed by atoms with Crippen LogP contribution in [0.15, 0.2) is 47.7 Å². The van der Waals surface area contributed by atoms with Crippen molar-refractivity contribution >= 4 is 5.91 Å². The summed E-state index contributed by atoms with van der Waals surface area (Å²) in [6.45, 7) is 1.54. The summed E-state index contributed by atoms with van der Waals surface area (Å²) in [4.78, 5) is 34.0. The number of hydrogen-bond donors (Lipinski definition) is 0. The van der Waals surface area contributed by atoms with E-state index in [0.717, 1.165) is 38.0 Å². The van der Waals surface area contributed by atoms with Crippen LogP contribution in [0.1, 0.15) is 18.5 Å². The van der Waals surface area contributed by atoms with Crippen molar-refractivity contribution in [1.82, 2.24) is 19.4 Å². The smallest absolute Gasteiger partial charge is 0.341 e. The van der Waals surface area contributed by atoms with E-state index in [1.54, 1.807) is 18.5 Å². The van der Waals surface area contributed by atoms with Gasteiger partial charge in [-0.05, 0) is 43.4 Å². The number of carbonyl (C=O) groups excluding carboxylic acids is 1. The highest BCUT2D eigenvalue weighted by atomic mass is 16.2. The molecule has 0 saturated carbocycles. The average Bonchev–Trinajstić information content (AvgIpc) is 2.58. The minimum absolute atomic E-state index is 0.0224. The zero-order valence-electron chi connectivity index (χ0n) is 13.0. The standard InChI is InChI=1S/C17H20N4O2/c22-16(13-21-10-4-8-19-17(21)23)20-9-3-5-14(12-20)11-15-6-1-2-7-18-15/h1-2,4,6-8,10,14H,3,5,9,11-13H2/t14-/m0/s1. The van der Waals surface area contributed by atoms with Crippen molar-refractivity contribution in [1.29, 1.82) is 0 Å². The fraction of sp³-hybridized carbons (Fsp3) is 0.412. The lowest BCUT2D eigenvalue weighted by molar-refractivity contribution is -0.133. The molecule has 1 fully saturated rings. The Morgan fingerprint density at radius 2 is 2.09 bits per heavy atom. The van der Waals surface area contributed by atoms with E-state index in [9.17, 15) is 9.59 Å². The van der Waals surface area contributed by atoms with Gasteiger partial charge >= 0.3 is 5.69 Å². The van der Waals surface area contributed by atoms with Gasteiger partial charge in [-0.1, -0.05) is 6.07 Å². The molecule has 1 aliphatic heterocycles. The first-order valence-corrected chi connectivity index (χ1v) is 7.91. The summed E-state index contributed by atoms with van der Waals surface area (Å²) in [5.41, 5.74) is 0.679. The highest BCUT2D eigenvalue weighted by Gasteiger charge is 2.24. The van der Waals surface area contributed by atoms with Crippen molar-refractivity contribution in [3.63, 3.8) is 0 Å². The number of hydrogen-bond acceptors (Lipinski definition) is 4. The minimum Gasteiger partial charge on any atom is -0.341 e. The lowest BCUT2D eigenvalue weighted by Crippen LogP contribution is -2.43. The first kappa shape index (κ1) is 15.4. The molecule has 0 unspecified atom stereocenters. The van der Waals surface area contributed by atoms with Gasteiger partial charge in [0.05, 0.1) is 0 Å². The Hall–Kier alpha value is -2.50. The molecule has 120 valence electrons. The Balaban J connectivity index is 1.61. The van der Waals surface area contributed by atoms with Crippen LogP contribution in [-0.4, -0.2) is 38.4 Å². The summed E-state index contributed by atoms with van der Waals surface area (Å²) in [7, 11) is 0. The molecule has 0 N–H and O–H groups in total. The molecular weight excluding hydrogens is 292 g/mol. The molecule has 6 heteroatoms. The zero-order chi connectivity index (χ0) is 16.1. The van der Waals surface area contributed by atoms with Crippen molar-refractivity contribution in [3.05, 3.63) is 59.0 Å². The number of amides is 1. The molecule has 2 aromatic heterocycles. The van der Waals surface area contributed by atoms with Gasteiger partial charge in [-0.3, -0.25) is 14.3 Å². The molecule has 0 aromatic carbocycles. The first-order chi connectivity index (χ1) is 11.2. The van der Waals surface area contributed by atoms with Gasteiger partial charge in [0.25, 0.3) is 0 Å². The number of carbonyl (C=O) groups is 1. The second-order valence-electron chi connectivity index (χ2n) is 5.90. The van der Waals surface area contributed by atoms with Crippen molar-refractivity contribution in [2.75, 3.05) is 13.1 Å². The van der Waals surface area contributed by atoms with Crippen LogP contribution >= 0.6 is 0 Å². The van der Waals surface area contributed by atoms with Crippen LogP contribution in [0.4, 0.5) is 0 Å². The molecular formula is C17H20N4O2. The normalized spacial score (nSPS) is 17.9. The van der Waals surface area contributed by atoms with E-state index in [4.69, 9.17) is 0 Å². The molecule has 0 radical (unpaired) electrons. The Kier molecular flexibility index (Phi) is 4.80. The molecule has 0 bridgehead atoms. The van der Waals surface area contributed by atoms with Gasteiger partial charge < -0.3 is 4.90 Å². The summed E-state index contributed by atoms with van der Waals surface area (Å²) in [6, 6.07) is 7.58. The molecule has 3 heterocycles. The zero-order valence-corrected chi connectivity index (χ0v) is 13.0. The average molecular weight is 312 g/mol. The summed E-state index contributed by atoms with van der Waals surface area (Å²) >= 11 is 0. The first-order valence-electron chi connectivity index (χ1n) is 7.91. The topological polar surface area (TPSA) is 68.1 Å². The monoisotopic (exact) mass is 312 g/mol. The van der Waals surface area contributed by atoms with Crippen LogP contribution in [0.5, 0.6) is 0 Å². The van der Waals surface area contributed by atoms with Crippen molar-refractivity contribution < 1.29 is 4.79 Å². The third kappa shape index (κ3) is 4.03. The van der Waals surface area contributed by atoms with E-state index in [0.29, 0.717) is 5.92 Å². The molecule has 0 aliphatic carbocycles. The largest absolute Gasteiger partial charge is 0.347 e. The number of likely N-dealkylation sites (tertiary alicyclic amines) is 1. The Bertz CT molecular complexity index is 714. The fourth-order valence-electron chi connectivity index (χ4n) is 3.03. The predicted molar refractivity (Wildman–Crippen MR) is 85.7 cm³/mol. The third-order valence-corrected chi connectivity index (χ3v) is 4.18. The van der Waals surface area contributed by atoms with Gasteiger partial charge in [0.2, 0.25) is 5.91 Å². The summed E-state index contributed by atoms with van der Waals surface area (Å²) in [5.74, 6) is 0.402. The number of nitrogens with zero attached hydrogens (tertiary/aromatic N) is 4. The fourth-order valence-corrected chi connectivity index (χ4v) is 3.03. The molecule has 3 rings (SSSR count). The number of rotatable bonds is 4. The van der Waals surface area contributed by atoms with E-state index in [2.05, 4.69) is 9.97 Å². The lowest BCUT2D eigenvalue weighted by atomic mass is 9.93. The van der Waals surface area contributed by atoms with E-state index in [1.165, 1.54) is 10.8 Å². The quantitative estimate of drug-likeness (QED) is 0.848. The molecule has 6 nitrogen and oxygen atoms in total. The van der Waals surface area contributed by atoms with Gasteiger partial charge in [0.1, 0.15) is 6.54 Å². The number of aromatic nitrogens is 3. The Morgan fingerprint density at radius 1 is 1.22 bits per heavy atom. The SMILES string of the molecule is O=C(Cn1cccnc1=O)N1CCC[C@@H](Cc2ccccn2)C1. The maximum absolute atomic E-state index is 12.4. The summed E-state index contributed by atoms with van der Waals surface area (Å²) in [5, 5.41) is 0. The molecule has 1 saturated heterocycles. The maximum atomic E-state index is 12.4. The van der Waals surface area contributed by atoms with Gasteiger partial charge in [-0.2, -0.15) is 0 Å². The van der Waals surface area contributed by atoms with Crippen molar-refractivity contribution in [2.45, 2.75) is 25.8 Å².